The van der Waals surface area contributed by atoms with Crippen molar-refractivity contribution in [2.24, 2.45) is 0 Å². The summed E-state index contributed by atoms with van der Waals surface area (Å²) in [6.07, 6.45) is 0. The second-order valence-corrected chi connectivity index (χ2v) is 6.93. The van der Waals surface area contributed by atoms with Gasteiger partial charge >= 0.3 is 0 Å². The van der Waals surface area contributed by atoms with Crippen LogP contribution in [-0.4, -0.2) is 13.5 Å². The third-order valence-electron chi connectivity index (χ3n) is 2.58. The van der Waals surface area contributed by atoms with E-state index in [0.717, 1.165) is 0 Å². The fourth-order valence-electron chi connectivity index (χ4n) is 1.66. The second-order valence-electron chi connectivity index (χ2n) is 4.12. The van der Waals surface area contributed by atoms with E-state index in [-0.39, 0.29) is 16.4 Å². The van der Waals surface area contributed by atoms with Gasteiger partial charge in [-0.1, -0.05) is 12.1 Å². The highest BCUT2D eigenvalue weighted by Gasteiger charge is 2.18. The summed E-state index contributed by atoms with van der Waals surface area (Å²) in [5, 5.41) is 9.18. The van der Waals surface area contributed by atoms with Gasteiger partial charge in [0.05, 0.1) is 10.6 Å². The van der Waals surface area contributed by atoms with Crippen LogP contribution < -0.4 is 5.73 Å². The quantitative estimate of drug-likeness (QED) is 0.841. The number of sulfone groups is 1. The average molecular weight is 342 g/mol. The number of anilines is 1. The first-order valence-corrected chi connectivity index (χ1v) is 7.89. The van der Waals surface area contributed by atoms with E-state index in [0.29, 0.717) is 15.7 Å². The molecule has 2 aromatic carbocycles. The molecule has 0 unspecified atom stereocenters. The summed E-state index contributed by atoms with van der Waals surface area (Å²) >= 11 is 3.21. The number of rotatable bonds is 3. The molecule has 0 heterocycles. The molecule has 19 heavy (non-hydrogen) atoms. The Morgan fingerprint density at radius 3 is 2.32 bits per heavy atom. The summed E-state index contributed by atoms with van der Waals surface area (Å²) in [5.74, 6) is -0.0229. The van der Waals surface area contributed by atoms with Gasteiger partial charge in [0.2, 0.25) is 0 Å². The Balaban J connectivity index is 2.35. The third kappa shape index (κ3) is 3.27. The van der Waals surface area contributed by atoms with Crippen molar-refractivity contribution in [3.8, 4) is 5.75 Å². The van der Waals surface area contributed by atoms with Crippen molar-refractivity contribution >= 4 is 31.5 Å². The van der Waals surface area contributed by atoms with Gasteiger partial charge < -0.3 is 10.8 Å². The predicted molar refractivity (Wildman–Crippen MR) is 77.6 cm³/mol. The van der Waals surface area contributed by atoms with Crippen LogP contribution in [0.5, 0.6) is 5.75 Å². The number of phenols is 1. The number of hydrogen-bond acceptors (Lipinski definition) is 4. The van der Waals surface area contributed by atoms with Crippen molar-refractivity contribution in [2.45, 2.75) is 10.6 Å². The number of nitrogen functional groups attached to an aromatic ring is 1. The molecule has 0 aliphatic rings. The summed E-state index contributed by atoms with van der Waals surface area (Å²) in [5.41, 5.74) is 6.70. The fraction of sp³-hybridized carbons (Fsp3) is 0.0769. The zero-order valence-electron chi connectivity index (χ0n) is 9.88. The van der Waals surface area contributed by atoms with Gasteiger partial charge in [-0.05, 0) is 51.8 Å². The van der Waals surface area contributed by atoms with Gasteiger partial charge in [-0.3, -0.25) is 0 Å². The SMILES string of the molecule is Nc1ccc(S(=O)(=O)Cc2ccc(O)cc2)c(Br)c1. The molecule has 0 saturated heterocycles. The molecule has 2 aromatic rings. The smallest absolute Gasteiger partial charge is 0.183 e. The van der Waals surface area contributed by atoms with Gasteiger partial charge in [0.1, 0.15) is 5.75 Å². The van der Waals surface area contributed by atoms with Crippen LogP contribution in [0.1, 0.15) is 5.56 Å². The van der Waals surface area contributed by atoms with Crippen LogP contribution in [0.3, 0.4) is 0 Å². The molecule has 4 nitrogen and oxygen atoms in total. The Bertz CT molecular complexity index is 696. The molecule has 0 aliphatic heterocycles. The minimum absolute atomic E-state index is 0.106. The van der Waals surface area contributed by atoms with Gasteiger partial charge in [0, 0.05) is 10.2 Å². The van der Waals surface area contributed by atoms with Gasteiger partial charge in [-0.2, -0.15) is 0 Å². The van der Waals surface area contributed by atoms with Crippen LogP contribution in [0.2, 0.25) is 0 Å². The van der Waals surface area contributed by atoms with Crippen molar-refractivity contribution in [2.75, 3.05) is 5.73 Å². The summed E-state index contributed by atoms with van der Waals surface area (Å²) in [7, 11) is -3.46. The topological polar surface area (TPSA) is 80.4 Å². The van der Waals surface area contributed by atoms with E-state index < -0.39 is 9.84 Å². The van der Waals surface area contributed by atoms with E-state index in [1.807, 2.05) is 0 Å². The molecule has 0 fully saturated rings. The summed E-state index contributed by atoms with van der Waals surface area (Å²) in [6, 6.07) is 10.7. The van der Waals surface area contributed by atoms with Crippen molar-refractivity contribution in [1.29, 1.82) is 0 Å². The lowest BCUT2D eigenvalue weighted by atomic mass is 10.2. The maximum Gasteiger partial charge on any atom is 0.183 e. The number of benzene rings is 2. The first kappa shape index (κ1) is 13.9. The van der Waals surface area contributed by atoms with Gasteiger partial charge in [0.15, 0.2) is 9.84 Å². The van der Waals surface area contributed by atoms with Crippen LogP contribution in [-0.2, 0) is 15.6 Å². The van der Waals surface area contributed by atoms with Gasteiger partial charge in [0.25, 0.3) is 0 Å². The number of hydrogen-bond donors (Lipinski definition) is 2. The monoisotopic (exact) mass is 341 g/mol. The lowest BCUT2D eigenvalue weighted by Crippen LogP contribution is -2.06. The largest absolute Gasteiger partial charge is 0.508 e. The number of halogens is 1. The highest BCUT2D eigenvalue weighted by Crippen LogP contribution is 2.27. The van der Waals surface area contributed by atoms with Crippen LogP contribution in [0, 0.1) is 0 Å². The van der Waals surface area contributed by atoms with Crippen molar-refractivity contribution in [3.63, 3.8) is 0 Å². The number of aromatic hydroxyl groups is 1. The maximum absolute atomic E-state index is 12.3. The zero-order valence-corrected chi connectivity index (χ0v) is 12.3. The molecular formula is C13H12BrNO3S. The van der Waals surface area contributed by atoms with Crippen LogP contribution in [0.15, 0.2) is 51.8 Å². The minimum Gasteiger partial charge on any atom is -0.508 e. The second kappa shape index (κ2) is 5.22. The third-order valence-corrected chi connectivity index (χ3v) is 5.24. The fourth-order valence-corrected chi connectivity index (χ4v) is 4.21. The molecule has 0 radical (unpaired) electrons. The Labute approximate surface area is 119 Å². The molecule has 0 atom stereocenters. The van der Waals surface area contributed by atoms with Crippen LogP contribution in [0.25, 0.3) is 0 Å². The van der Waals surface area contributed by atoms with Crippen molar-refractivity contribution in [3.05, 3.63) is 52.5 Å². The van der Waals surface area contributed by atoms with E-state index >= 15 is 0 Å². The molecule has 0 amide bonds. The van der Waals surface area contributed by atoms with Gasteiger partial charge in [-0.25, -0.2) is 8.42 Å². The Hall–Kier alpha value is -1.53. The number of phenolic OH excluding ortho intramolecular Hbond substituents is 1. The molecule has 100 valence electrons. The Morgan fingerprint density at radius 1 is 1.11 bits per heavy atom. The van der Waals surface area contributed by atoms with E-state index in [2.05, 4.69) is 15.9 Å². The van der Waals surface area contributed by atoms with Gasteiger partial charge in [-0.15, -0.1) is 0 Å². The summed E-state index contributed by atoms with van der Waals surface area (Å²) in [4.78, 5) is 0.203. The van der Waals surface area contributed by atoms with Crippen LogP contribution >= 0.6 is 15.9 Å². The van der Waals surface area contributed by atoms with Crippen LogP contribution in [0.4, 0.5) is 5.69 Å². The highest BCUT2D eigenvalue weighted by molar-refractivity contribution is 9.10. The first-order chi connectivity index (χ1) is 8.88. The zero-order chi connectivity index (χ0) is 14.0. The highest BCUT2D eigenvalue weighted by atomic mass is 79.9. The lowest BCUT2D eigenvalue weighted by molar-refractivity contribution is 0.475. The molecule has 0 saturated carbocycles. The summed E-state index contributed by atoms with van der Waals surface area (Å²) in [6.45, 7) is 0. The minimum atomic E-state index is -3.46. The molecule has 3 N–H and O–H groups in total. The molecule has 0 bridgehead atoms. The average Bonchev–Trinajstić information content (AvgIpc) is 2.31. The maximum atomic E-state index is 12.3. The molecule has 0 spiro atoms. The van der Waals surface area contributed by atoms with E-state index in [4.69, 9.17) is 5.73 Å². The van der Waals surface area contributed by atoms with E-state index in [1.54, 1.807) is 24.3 Å². The summed E-state index contributed by atoms with van der Waals surface area (Å²) < 4.78 is 25.0. The molecule has 6 heteroatoms. The Kier molecular flexibility index (Phi) is 3.82. The number of nitrogens with two attached hydrogens (primary N) is 1. The lowest BCUT2D eigenvalue weighted by Gasteiger charge is -2.07. The Morgan fingerprint density at radius 2 is 1.74 bits per heavy atom. The molecule has 0 aliphatic carbocycles. The van der Waals surface area contributed by atoms with Crippen molar-refractivity contribution in [1.82, 2.24) is 0 Å². The first-order valence-electron chi connectivity index (χ1n) is 5.44. The standard InChI is InChI=1S/C13H12BrNO3S/c14-12-7-10(15)3-6-13(12)19(17,18)8-9-1-4-11(16)5-2-9/h1-7,16H,8,15H2. The molecule has 2 rings (SSSR count). The van der Waals surface area contributed by atoms with E-state index in [9.17, 15) is 13.5 Å². The molecular weight excluding hydrogens is 330 g/mol. The normalized spacial score (nSPS) is 11.4. The molecule has 0 aromatic heterocycles. The van der Waals surface area contributed by atoms with E-state index in [1.165, 1.54) is 18.2 Å². The predicted octanol–water partition coefficient (Wildman–Crippen LogP) is 2.71. The van der Waals surface area contributed by atoms with Crippen molar-refractivity contribution < 1.29 is 13.5 Å².